The number of carbonyl (C=O) groups is 1. The number of rotatable bonds is 6. The van der Waals surface area contributed by atoms with E-state index >= 15 is 0 Å². The van der Waals surface area contributed by atoms with Crippen molar-refractivity contribution in [2.24, 2.45) is 0 Å². The Labute approximate surface area is 163 Å². The largest absolute Gasteiger partial charge is 0.358 e. The van der Waals surface area contributed by atoms with Gasteiger partial charge >= 0.3 is 0 Å². The van der Waals surface area contributed by atoms with E-state index in [4.69, 9.17) is 0 Å². The Morgan fingerprint density at radius 3 is 2.52 bits per heavy atom. The first-order chi connectivity index (χ1) is 12.7. The van der Waals surface area contributed by atoms with Crippen molar-refractivity contribution in [3.05, 3.63) is 53.9 Å². The highest BCUT2D eigenvalue weighted by Crippen LogP contribution is 2.29. The fourth-order valence-corrected chi connectivity index (χ4v) is 4.53. The highest BCUT2D eigenvalue weighted by Gasteiger charge is 2.23. The standard InChI is InChI=1S/C19H21N3O3S2/c1-12-18(15-7-5-6-8-16(15)21-12)19(23)13(2)26-17-10-9-14(11-20-17)27(24,25)22(3)4/h5-11,13,21H,1-4H3. The quantitative estimate of drug-likeness (QED) is 0.503. The van der Waals surface area contributed by atoms with Gasteiger partial charge in [0.1, 0.15) is 4.90 Å². The molecule has 0 fully saturated rings. The van der Waals surface area contributed by atoms with Crippen LogP contribution in [-0.4, -0.2) is 47.8 Å². The van der Waals surface area contributed by atoms with Gasteiger partial charge in [-0.05, 0) is 32.0 Å². The number of aromatic amines is 1. The summed E-state index contributed by atoms with van der Waals surface area (Å²) < 4.78 is 25.4. The third-order valence-electron chi connectivity index (χ3n) is 4.29. The molecule has 142 valence electrons. The molecule has 1 atom stereocenters. The number of Topliss-reactive ketones (excluding diaryl/α,β-unsaturated/α-hetero) is 1. The highest BCUT2D eigenvalue weighted by molar-refractivity contribution is 8.00. The Balaban J connectivity index is 1.82. The first kappa shape index (κ1) is 19.6. The van der Waals surface area contributed by atoms with Crippen molar-refractivity contribution >= 4 is 38.5 Å². The van der Waals surface area contributed by atoms with E-state index in [0.29, 0.717) is 10.6 Å². The second-order valence-corrected chi connectivity index (χ2v) is 9.93. The normalized spacial score (nSPS) is 13.2. The second kappa shape index (κ2) is 7.46. The fraction of sp³-hybridized carbons (Fsp3) is 0.263. The van der Waals surface area contributed by atoms with E-state index in [2.05, 4.69) is 9.97 Å². The van der Waals surface area contributed by atoms with E-state index in [0.717, 1.165) is 20.9 Å². The Bertz CT molecular complexity index is 1090. The number of hydrogen-bond acceptors (Lipinski definition) is 5. The summed E-state index contributed by atoms with van der Waals surface area (Å²) in [5.74, 6) is 0.0155. The second-order valence-electron chi connectivity index (χ2n) is 6.41. The minimum Gasteiger partial charge on any atom is -0.358 e. The number of pyridine rings is 1. The molecule has 0 aliphatic heterocycles. The van der Waals surface area contributed by atoms with E-state index < -0.39 is 10.0 Å². The summed E-state index contributed by atoms with van der Waals surface area (Å²) in [5, 5.41) is 1.16. The number of hydrogen-bond donors (Lipinski definition) is 1. The molecule has 0 aliphatic carbocycles. The van der Waals surface area contributed by atoms with Crippen molar-refractivity contribution < 1.29 is 13.2 Å². The van der Waals surface area contributed by atoms with Gasteiger partial charge in [0, 0.05) is 42.5 Å². The third-order valence-corrected chi connectivity index (χ3v) is 7.14. The van der Waals surface area contributed by atoms with Crippen molar-refractivity contribution in [1.82, 2.24) is 14.3 Å². The topological polar surface area (TPSA) is 83.1 Å². The summed E-state index contributed by atoms with van der Waals surface area (Å²) >= 11 is 1.31. The number of nitrogens with zero attached hydrogens (tertiary/aromatic N) is 2. The molecule has 3 aromatic rings. The predicted molar refractivity (Wildman–Crippen MR) is 108 cm³/mol. The van der Waals surface area contributed by atoms with Gasteiger partial charge in [-0.15, -0.1) is 0 Å². The summed E-state index contributed by atoms with van der Waals surface area (Å²) in [6.07, 6.45) is 1.33. The fourth-order valence-electron chi connectivity index (χ4n) is 2.83. The van der Waals surface area contributed by atoms with Crippen molar-refractivity contribution in [2.75, 3.05) is 14.1 Å². The molecule has 8 heteroatoms. The number of carbonyl (C=O) groups excluding carboxylic acids is 1. The lowest BCUT2D eigenvalue weighted by Gasteiger charge is -2.12. The maximum Gasteiger partial charge on any atom is 0.244 e. The molecular formula is C19H21N3O3S2. The van der Waals surface area contributed by atoms with Gasteiger partial charge in [-0.2, -0.15) is 0 Å². The zero-order valence-corrected chi connectivity index (χ0v) is 17.2. The lowest BCUT2D eigenvalue weighted by atomic mass is 10.1. The van der Waals surface area contributed by atoms with Crippen LogP contribution in [0.5, 0.6) is 0 Å². The average Bonchev–Trinajstić information content (AvgIpc) is 2.97. The minimum absolute atomic E-state index is 0.0155. The predicted octanol–water partition coefficient (Wildman–Crippen LogP) is 3.49. The van der Waals surface area contributed by atoms with Crippen LogP contribution < -0.4 is 0 Å². The molecule has 0 saturated heterocycles. The molecule has 1 aromatic carbocycles. The summed E-state index contributed by atoms with van der Waals surface area (Å²) in [7, 11) is -0.564. The first-order valence-corrected chi connectivity index (χ1v) is 10.7. The Hall–Kier alpha value is -2.16. The Morgan fingerprint density at radius 1 is 1.19 bits per heavy atom. The van der Waals surface area contributed by atoms with Gasteiger partial charge in [0.05, 0.1) is 10.3 Å². The van der Waals surface area contributed by atoms with Crippen LogP contribution in [0.1, 0.15) is 23.0 Å². The molecule has 2 heterocycles. The van der Waals surface area contributed by atoms with E-state index in [1.54, 1.807) is 6.07 Å². The molecule has 27 heavy (non-hydrogen) atoms. The number of fused-ring (bicyclic) bond motifs is 1. The molecular weight excluding hydrogens is 382 g/mol. The minimum atomic E-state index is -3.51. The van der Waals surface area contributed by atoms with Crippen molar-refractivity contribution in [2.45, 2.75) is 29.0 Å². The van der Waals surface area contributed by atoms with Crippen molar-refractivity contribution in [3.8, 4) is 0 Å². The number of benzene rings is 1. The maximum atomic E-state index is 13.0. The first-order valence-electron chi connectivity index (χ1n) is 8.38. The van der Waals surface area contributed by atoms with Crippen LogP contribution in [-0.2, 0) is 10.0 Å². The Kier molecular flexibility index (Phi) is 5.41. The van der Waals surface area contributed by atoms with Gasteiger partial charge < -0.3 is 4.98 Å². The molecule has 0 spiro atoms. The maximum absolute atomic E-state index is 13.0. The molecule has 2 aromatic heterocycles. The summed E-state index contributed by atoms with van der Waals surface area (Å²) in [6.45, 7) is 3.73. The van der Waals surface area contributed by atoms with Gasteiger partial charge in [0.15, 0.2) is 5.78 Å². The van der Waals surface area contributed by atoms with Gasteiger partial charge in [-0.1, -0.05) is 30.0 Å². The SMILES string of the molecule is Cc1[nH]c2ccccc2c1C(=O)C(C)Sc1ccc(S(=O)(=O)N(C)C)cn1. The number of aryl methyl sites for hydroxylation is 1. The van der Waals surface area contributed by atoms with E-state index in [1.807, 2.05) is 38.1 Å². The van der Waals surface area contributed by atoms with Crippen LogP contribution in [0, 0.1) is 6.92 Å². The number of aromatic nitrogens is 2. The highest BCUT2D eigenvalue weighted by atomic mass is 32.2. The van der Waals surface area contributed by atoms with Crippen LogP contribution >= 0.6 is 11.8 Å². The van der Waals surface area contributed by atoms with Crippen molar-refractivity contribution in [3.63, 3.8) is 0 Å². The van der Waals surface area contributed by atoms with Gasteiger partial charge in [-0.3, -0.25) is 4.79 Å². The Morgan fingerprint density at radius 2 is 1.89 bits per heavy atom. The number of nitrogens with one attached hydrogen (secondary N) is 1. The zero-order valence-electron chi connectivity index (χ0n) is 15.6. The van der Waals surface area contributed by atoms with Crippen LogP contribution in [0.3, 0.4) is 0 Å². The van der Waals surface area contributed by atoms with Crippen molar-refractivity contribution in [1.29, 1.82) is 0 Å². The summed E-state index contributed by atoms with van der Waals surface area (Å²) in [4.78, 5) is 20.6. The number of para-hydroxylation sites is 1. The molecule has 0 aliphatic rings. The average molecular weight is 404 g/mol. The van der Waals surface area contributed by atoms with Gasteiger partial charge in [0.2, 0.25) is 10.0 Å². The molecule has 3 rings (SSSR count). The van der Waals surface area contributed by atoms with Crippen LogP contribution in [0.15, 0.2) is 52.5 Å². The lowest BCUT2D eigenvalue weighted by Crippen LogP contribution is -2.22. The monoisotopic (exact) mass is 403 g/mol. The summed E-state index contributed by atoms with van der Waals surface area (Å²) in [5.41, 5.74) is 2.47. The van der Waals surface area contributed by atoms with E-state index in [-0.39, 0.29) is 15.9 Å². The molecule has 0 amide bonds. The number of H-pyrrole nitrogens is 1. The third kappa shape index (κ3) is 3.78. The lowest BCUT2D eigenvalue weighted by molar-refractivity contribution is 0.0995. The van der Waals surface area contributed by atoms with E-state index in [9.17, 15) is 13.2 Å². The molecule has 0 saturated carbocycles. The number of ketones is 1. The zero-order chi connectivity index (χ0) is 19.8. The molecule has 1 N–H and O–H groups in total. The van der Waals surface area contributed by atoms with Crippen LogP contribution in [0.2, 0.25) is 0 Å². The molecule has 6 nitrogen and oxygen atoms in total. The molecule has 0 radical (unpaired) electrons. The van der Waals surface area contributed by atoms with Gasteiger partial charge in [-0.25, -0.2) is 17.7 Å². The molecule has 0 bridgehead atoms. The number of sulfonamides is 1. The van der Waals surface area contributed by atoms with Crippen LogP contribution in [0.4, 0.5) is 0 Å². The van der Waals surface area contributed by atoms with Crippen LogP contribution in [0.25, 0.3) is 10.9 Å². The number of thioether (sulfide) groups is 1. The van der Waals surface area contributed by atoms with Gasteiger partial charge in [0.25, 0.3) is 0 Å². The summed E-state index contributed by atoms with van der Waals surface area (Å²) in [6, 6.07) is 10.9. The van der Waals surface area contributed by atoms with E-state index in [1.165, 1.54) is 38.1 Å². The smallest absolute Gasteiger partial charge is 0.244 e. The molecule has 1 unspecified atom stereocenters.